The number of carboxylic acid groups (broad SMARTS) is 1. The molecule has 1 fully saturated rings. The molecule has 1 aromatic heterocycles. The highest BCUT2D eigenvalue weighted by atomic mass is 32.2. The second kappa shape index (κ2) is 5.06. The Morgan fingerprint density at radius 2 is 2.35 bits per heavy atom. The topological polar surface area (TPSA) is 62.2 Å². The zero-order valence-electron chi connectivity index (χ0n) is 9.77. The molecule has 1 aromatic rings. The normalized spacial score (nSPS) is 16.8. The van der Waals surface area contributed by atoms with Gasteiger partial charge in [0.05, 0.1) is 5.69 Å². The number of carbonyl (C=O) groups is 1. The number of nitrogens with zero attached hydrogens (tertiary/aromatic N) is 1. The first kappa shape index (κ1) is 12.4. The van der Waals surface area contributed by atoms with Gasteiger partial charge in [0.15, 0.2) is 0 Å². The number of pyridine rings is 1. The molecule has 92 valence electrons. The fourth-order valence-corrected chi connectivity index (χ4v) is 2.46. The number of aromatic nitrogens is 1. The molecule has 0 saturated heterocycles. The molecule has 5 heteroatoms. The van der Waals surface area contributed by atoms with Gasteiger partial charge in [0.2, 0.25) is 0 Å². The Morgan fingerprint density at radius 3 is 2.94 bits per heavy atom. The molecule has 2 N–H and O–H groups in total. The molecule has 17 heavy (non-hydrogen) atoms. The van der Waals surface area contributed by atoms with Gasteiger partial charge in [0.1, 0.15) is 5.69 Å². The summed E-state index contributed by atoms with van der Waals surface area (Å²) < 4.78 is 0.421. The number of hydrogen-bond donors (Lipinski definition) is 2. The van der Waals surface area contributed by atoms with E-state index in [1.165, 1.54) is 18.9 Å². The Morgan fingerprint density at radius 1 is 1.59 bits per heavy atom. The van der Waals surface area contributed by atoms with Crippen LogP contribution in [0.4, 0.5) is 0 Å². The molecule has 4 nitrogen and oxygen atoms in total. The summed E-state index contributed by atoms with van der Waals surface area (Å²) in [5.41, 5.74) is 0.886. The number of carboxylic acids is 1. The third-order valence-corrected chi connectivity index (χ3v) is 4.44. The van der Waals surface area contributed by atoms with Crippen molar-refractivity contribution in [1.29, 1.82) is 0 Å². The highest BCUT2D eigenvalue weighted by Gasteiger charge is 2.41. The van der Waals surface area contributed by atoms with Gasteiger partial charge in [-0.05, 0) is 31.2 Å². The van der Waals surface area contributed by atoms with E-state index in [9.17, 15) is 4.79 Å². The smallest absolute Gasteiger partial charge is 0.354 e. The summed E-state index contributed by atoms with van der Waals surface area (Å²) in [5.74, 6) is -0.977. The van der Waals surface area contributed by atoms with Crippen molar-refractivity contribution in [3.63, 3.8) is 0 Å². The summed E-state index contributed by atoms with van der Waals surface area (Å²) in [5, 5.41) is 12.2. The highest BCUT2D eigenvalue weighted by Crippen LogP contribution is 2.46. The maximum Gasteiger partial charge on any atom is 0.354 e. The minimum absolute atomic E-state index is 0.107. The third kappa shape index (κ3) is 3.20. The van der Waals surface area contributed by atoms with Gasteiger partial charge in [-0.3, -0.25) is 0 Å². The van der Waals surface area contributed by atoms with Crippen molar-refractivity contribution in [3.8, 4) is 0 Å². The summed E-state index contributed by atoms with van der Waals surface area (Å²) in [6, 6.07) is 5.09. The fraction of sp³-hybridized carbons (Fsp3) is 0.500. The SMILES string of the molecule is CSC1(CNCc2cccc(C(=O)O)n2)CC1. The van der Waals surface area contributed by atoms with E-state index in [1.807, 2.05) is 17.8 Å². The van der Waals surface area contributed by atoms with Gasteiger partial charge in [-0.2, -0.15) is 11.8 Å². The van der Waals surface area contributed by atoms with Crippen molar-refractivity contribution in [2.24, 2.45) is 0 Å². The predicted octanol–water partition coefficient (Wildman–Crippen LogP) is 1.77. The lowest BCUT2D eigenvalue weighted by Gasteiger charge is -2.12. The molecule has 1 saturated carbocycles. The van der Waals surface area contributed by atoms with Gasteiger partial charge in [0, 0.05) is 17.8 Å². The number of hydrogen-bond acceptors (Lipinski definition) is 4. The fourth-order valence-electron chi connectivity index (χ4n) is 1.71. The monoisotopic (exact) mass is 252 g/mol. The van der Waals surface area contributed by atoms with Gasteiger partial charge in [0.25, 0.3) is 0 Å². The lowest BCUT2D eigenvalue weighted by molar-refractivity contribution is 0.0690. The molecule has 1 heterocycles. The Kier molecular flexibility index (Phi) is 3.69. The number of thioether (sulfide) groups is 1. The molecule has 0 atom stereocenters. The minimum atomic E-state index is -0.977. The predicted molar refractivity (Wildman–Crippen MR) is 68.4 cm³/mol. The van der Waals surface area contributed by atoms with E-state index in [4.69, 9.17) is 5.11 Å². The third-order valence-electron chi connectivity index (χ3n) is 3.02. The Labute approximate surface area is 105 Å². The molecule has 0 radical (unpaired) electrons. The summed E-state index contributed by atoms with van der Waals surface area (Å²) in [6.07, 6.45) is 4.67. The second-order valence-electron chi connectivity index (χ2n) is 4.31. The molecular formula is C12H16N2O2S. The largest absolute Gasteiger partial charge is 0.477 e. The average molecular weight is 252 g/mol. The average Bonchev–Trinajstić information content (AvgIpc) is 3.10. The Hall–Kier alpha value is -1.07. The van der Waals surface area contributed by atoms with E-state index in [0.29, 0.717) is 11.3 Å². The molecule has 1 aliphatic carbocycles. The van der Waals surface area contributed by atoms with Crippen molar-refractivity contribution in [3.05, 3.63) is 29.6 Å². The second-order valence-corrected chi connectivity index (χ2v) is 5.58. The van der Waals surface area contributed by atoms with Crippen LogP contribution in [-0.2, 0) is 6.54 Å². The summed E-state index contributed by atoms with van der Waals surface area (Å²) in [6.45, 7) is 1.59. The van der Waals surface area contributed by atoms with E-state index in [0.717, 1.165) is 12.2 Å². The lowest BCUT2D eigenvalue weighted by Crippen LogP contribution is -2.26. The van der Waals surface area contributed by atoms with Crippen LogP contribution < -0.4 is 5.32 Å². The van der Waals surface area contributed by atoms with Crippen LogP contribution >= 0.6 is 11.8 Å². The first-order chi connectivity index (χ1) is 8.15. The van der Waals surface area contributed by atoms with Gasteiger partial charge in [-0.1, -0.05) is 6.07 Å². The highest BCUT2D eigenvalue weighted by molar-refractivity contribution is 8.00. The van der Waals surface area contributed by atoms with Crippen LogP contribution in [0.3, 0.4) is 0 Å². The quantitative estimate of drug-likeness (QED) is 0.808. The summed E-state index contributed by atoms with van der Waals surface area (Å²) >= 11 is 1.90. The molecule has 0 aliphatic heterocycles. The standard InChI is InChI=1S/C12H16N2O2S/c1-17-12(5-6-12)8-13-7-9-3-2-4-10(14-9)11(15)16/h2-4,13H,5-8H2,1H3,(H,15,16). The molecule has 0 amide bonds. The van der Waals surface area contributed by atoms with Crippen LogP contribution in [0.2, 0.25) is 0 Å². The van der Waals surface area contributed by atoms with Crippen LogP contribution in [0.1, 0.15) is 29.0 Å². The molecular weight excluding hydrogens is 236 g/mol. The molecule has 0 bridgehead atoms. The van der Waals surface area contributed by atoms with E-state index < -0.39 is 5.97 Å². The van der Waals surface area contributed by atoms with Crippen molar-refractivity contribution in [2.75, 3.05) is 12.8 Å². The van der Waals surface area contributed by atoms with E-state index in [1.54, 1.807) is 6.07 Å². The van der Waals surface area contributed by atoms with Crippen LogP contribution in [0.15, 0.2) is 18.2 Å². The van der Waals surface area contributed by atoms with Crippen LogP contribution in [0.5, 0.6) is 0 Å². The van der Waals surface area contributed by atoms with Crippen LogP contribution in [-0.4, -0.2) is 33.6 Å². The van der Waals surface area contributed by atoms with E-state index >= 15 is 0 Å². The maximum absolute atomic E-state index is 10.8. The van der Waals surface area contributed by atoms with Gasteiger partial charge in [-0.15, -0.1) is 0 Å². The van der Waals surface area contributed by atoms with Gasteiger partial charge >= 0.3 is 5.97 Å². The van der Waals surface area contributed by atoms with Crippen molar-refractivity contribution >= 4 is 17.7 Å². The van der Waals surface area contributed by atoms with E-state index in [-0.39, 0.29) is 5.69 Å². The number of aromatic carboxylic acids is 1. The first-order valence-corrected chi connectivity index (χ1v) is 6.83. The van der Waals surface area contributed by atoms with Gasteiger partial charge in [-0.25, -0.2) is 9.78 Å². The maximum atomic E-state index is 10.8. The molecule has 1 aliphatic rings. The minimum Gasteiger partial charge on any atom is -0.477 e. The van der Waals surface area contributed by atoms with E-state index in [2.05, 4.69) is 16.6 Å². The molecule has 0 spiro atoms. The molecule has 2 rings (SSSR count). The Balaban J connectivity index is 1.86. The zero-order chi connectivity index (χ0) is 12.3. The first-order valence-electron chi connectivity index (χ1n) is 5.60. The van der Waals surface area contributed by atoms with Crippen LogP contribution in [0, 0.1) is 0 Å². The molecule has 0 unspecified atom stereocenters. The number of rotatable bonds is 6. The summed E-state index contributed by atoms with van der Waals surface area (Å²) in [7, 11) is 0. The van der Waals surface area contributed by atoms with Crippen molar-refractivity contribution < 1.29 is 9.90 Å². The van der Waals surface area contributed by atoms with Gasteiger partial charge < -0.3 is 10.4 Å². The van der Waals surface area contributed by atoms with Crippen molar-refractivity contribution in [2.45, 2.75) is 24.1 Å². The molecule has 0 aromatic carbocycles. The summed E-state index contributed by atoms with van der Waals surface area (Å²) in [4.78, 5) is 14.8. The Bertz CT molecular complexity index is 419. The van der Waals surface area contributed by atoms with Crippen LogP contribution in [0.25, 0.3) is 0 Å². The van der Waals surface area contributed by atoms with Crippen molar-refractivity contribution in [1.82, 2.24) is 10.3 Å². The zero-order valence-corrected chi connectivity index (χ0v) is 10.6. The lowest BCUT2D eigenvalue weighted by atomic mass is 10.3. The number of nitrogens with one attached hydrogen (secondary N) is 1.